The summed E-state index contributed by atoms with van der Waals surface area (Å²) in [4.78, 5) is 27.8. The average molecular weight is 508 g/mol. The summed E-state index contributed by atoms with van der Waals surface area (Å²) in [5.41, 5.74) is 0.830. The molecule has 3 rings (SSSR count). The average Bonchev–Trinajstić information content (AvgIpc) is 3.25. The molecule has 190 valence electrons. The molecule has 1 atom stereocenters. The highest BCUT2D eigenvalue weighted by molar-refractivity contribution is 7.92. The first-order valence-corrected chi connectivity index (χ1v) is 13.1. The first-order valence-electron chi connectivity index (χ1n) is 11.2. The number of halogens is 1. The van der Waals surface area contributed by atoms with Gasteiger partial charge >= 0.3 is 0 Å². The fourth-order valence-corrected chi connectivity index (χ4v) is 4.58. The molecule has 1 aliphatic rings. The van der Waals surface area contributed by atoms with E-state index >= 15 is 0 Å². The number of rotatable bonds is 10. The molecule has 0 saturated heterocycles. The predicted molar refractivity (Wildman–Crippen MR) is 129 cm³/mol. The third-order valence-corrected chi connectivity index (χ3v) is 6.55. The fraction of sp³-hybridized carbons (Fsp3) is 0.417. The molecule has 1 aliphatic heterocycles. The molecule has 0 spiro atoms. The molecule has 11 heteroatoms. The van der Waals surface area contributed by atoms with Gasteiger partial charge in [0.1, 0.15) is 18.4 Å². The lowest BCUT2D eigenvalue weighted by atomic mass is 10.1. The maximum absolute atomic E-state index is 13.6. The largest absolute Gasteiger partial charge is 0.454 e. The van der Waals surface area contributed by atoms with Gasteiger partial charge in [-0.25, -0.2) is 12.8 Å². The van der Waals surface area contributed by atoms with Crippen molar-refractivity contribution in [2.75, 3.05) is 23.9 Å². The first-order chi connectivity index (χ1) is 16.5. The molecule has 0 aliphatic carbocycles. The number of sulfonamides is 1. The molecular weight excluding hydrogens is 477 g/mol. The number of fused-ring (bicyclic) bond motifs is 1. The molecule has 2 aromatic rings. The lowest BCUT2D eigenvalue weighted by molar-refractivity contribution is -0.140. The molecule has 0 fully saturated rings. The number of benzene rings is 2. The monoisotopic (exact) mass is 507 g/mol. The number of hydrogen-bond donors (Lipinski definition) is 1. The van der Waals surface area contributed by atoms with Gasteiger partial charge in [-0.3, -0.25) is 13.9 Å². The second-order valence-corrected chi connectivity index (χ2v) is 10.4. The highest BCUT2D eigenvalue weighted by Crippen LogP contribution is 2.36. The molecule has 1 unspecified atom stereocenters. The Hall–Kier alpha value is -3.34. The van der Waals surface area contributed by atoms with Crippen LogP contribution in [0.1, 0.15) is 32.8 Å². The van der Waals surface area contributed by atoms with Crippen LogP contribution in [0.15, 0.2) is 42.5 Å². The van der Waals surface area contributed by atoms with E-state index in [2.05, 4.69) is 5.32 Å². The SMILES string of the molecule is CCC(C(=O)NC(C)C)N(Cc1ccc(F)cc1)C(=O)CN(c1ccc2c(c1)OCO2)S(C)(=O)=O. The minimum Gasteiger partial charge on any atom is -0.454 e. The van der Waals surface area contributed by atoms with Crippen molar-refractivity contribution in [1.82, 2.24) is 10.2 Å². The van der Waals surface area contributed by atoms with Crippen LogP contribution in [0.25, 0.3) is 0 Å². The molecule has 2 aromatic carbocycles. The standard InChI is InChI=1S/C24H30FN3O6S/c1-5-20(24(30)26-16(2)3)27(13-17-6-8-18(25)9-7-17)23(29)14-28(35(4,31)32)19-10-11-21-22(12-19)34-15-33-21/h6-12,16,20H,5,13-15H2,1-4H3,(H,26,30). The molecule has 0 aromatic heterocycles. The van der Waals surface area contributed by atoms with E-state index in [1.54, 1.807) is 13.0 Å². The molecule has 35 heavy (non-hydrogen) atoms. The number of ether oxygens (including phenoxy) is 2. The van der Waals surface area contributed by atoms with Crippen LogP contribution < -0.4 is 19.1 Å². The molecule has 9 nitrogen and oxygen atoms in total. The highest BCUT2D eigenvalue weighted by atomic mass is 32.2. The summed E-state index contributed by atoms with van der Waals surface area (Å²) in [6.45, 7) is 4.86. The van der Waals surface area contributed by atoms with Crippen molar-refractivity contribution >= 4 is 27.5 Å². The van der Waals surface area contributed by atoms with Crippen LogP contribution in [-0.4, -0.2) is 56.8 Å². The Balaban J connectivity index is 1.94. The number of carbonyl (C=O) groups is 2. The van der Waals surface area contributed by atoms with Gasteiger partial charge in [-0.1, -0.05) is 19.1 Å². The molecule has 0 bridgehead atoms. The maximum atomic E-state index is 13.6. The summed E-state index contributed by atoms with van der Waals surface area (Å²) >= 11 is 0. The summed E-state index contributed by atoms with van der Waals surface area (Å²) in [6, 6.07) is 9.16. The van der Waals surface area contributed by atoms with Gasteiger partial charge < -0.3 is 19.7 Å². The highest BCUT2D eigenvalue weighted by Gasteiger charge is 2.32. The summed E-state index contributed by atoms with van der Waals surface area (Å²) in [5.74, 6) is -0.519. The number of carbonyl (C=O) groups excluding carboxylic acids is 2. The second kappa shape index (κ2) is 10.9. The molecule has 1 N–H and O–H groups in total. The smallest absolute Gasteiger partial charge is 0.244 e. The van der Waals surface area contributed by atoms with Crippen molar-refractivity contribution in [3.8, 4) is 11.5 Å². The number of hydrogen-bond acceptors (Lipinski definition) is 6. The Morgan fingerprint density at radius 1 is 1.09 bits per heavy atom. The Morgan fingerprint density at radius 3 is 2.34 bits per heavy atom. The van der Waals surface area contributed by atoms with E-state index < -0.39 is 34.3 Å². The van der Waals surface area contributed by atoms with E-state index in [-0.39, 0.29) is 31.0 Å². The summed E-state index contributed by atoms with van der Waals surface area (Å²) in [6.07, 6.45) is 1.30. The normalized spacial score (nSPS) is 13.4. The van der Waals surface area contributed by atoms with E-state index in [0.717, 1.165) is 10.6 Å². The molecule has 0 saturated carbocycles. The van der Waals surface area contributed by atoms with E-state index in [1.807, 2.05) is 13.8 Å². The van der Waals surface area contributed by atoms with Crippen molar-refractivity contribution in [3.05, 3.63) is 53.8 Å². The number of nitrogens with one attached hydrogen (secondary N) is 1. The van der Waals surface area contributed by atoms with Gasteiger partial charge in [0.15, 0.2) is 11.5 Å². The van der Waals surface area contributed by atoms with Gasteiger partial charge in [0.05, 0.1) is 11.9 Å². The number of amides is 2. The van der Waals surface area contributed by atoms with Gasteiger partial charge in [-0.2, -0.15) is 0 Å². The van der Waals surface area contributed by atoms with Crippen molar-refractivity contribution in [3.63, 3.8) is 0 Å². The fourth-order valence-electron chi connectivity index (χ4n) is 3.74. The molecular formula is C24H30FN3O6S. The summed E-state index contributed by atoms with van der Waals surface area (Å²) in [5, 5.41) is 2.81. The van der Waals surface area contributed by atoms with Crippen LogP contribution in [0.2, 0.25) is 0 Å². The van der Waals surface area contributed by atoms with Crippen molar-refractivity contribution in [1.29, 1.82) is 0 Å². The zero-order chi connectivity index (χ0) is 25.8. The van der Waals surface area contributed by atoms with Crippen molar-refractivity contribution < 1.29 is 31.9 Å². The summed E-state index contributed by atoms with van der Waals surface area (Å²) in [7, 11) is -3.87. The number of anilines is 1. The van der Waals surface area contributed by atoms with Gasteiger partial charge in [-0.05, 0) is 50.1 Å². The topological polar surface area (TPSA) is 105 Å². The Labute approximate surface area is 204 Å². The maximum Gasteiger partial charge on any atom is 0.244 e. The lowest BCUT2D eigenvalue weighted by Gasteiger charge is -2.33. The second-order valence-electron chi connectivity index (χ2n) is 8.54. The van der Waals surface area contributed by atoms with E-state index in [4.69, 9.17) is 9.47 Å². The quantitative estimate of drug-likeness (QED) is 0.530. The van der Waals surface area contributed by atoms with Crippen LogP contribution in [0.3, 0.4) is 0 Å². The van der Waals surface area contributed by atoms with E-state index in [9.17, 15) is 22.4 Å². The van der Waals surface area contributed by atoms with Crippen LogP contribution in [0.4, 0.5) is 10.1 Å². The Bertz CT molecular complexity index is 1170. The van der Waals surface area contributed by atoms with E-state index in [0.29, 0.717) is 23.5 Å². The Morgan fingerprint density at radius 2 is 1.74 bits per heavy atom. The molecule has 1 heterocycles. The first kappa shape index (κ1) is 26.3. The minimum atomic E-state index is -3.87. The van der Waals surface area contributed by atoms with Crippen molar-refractivity contribution in [2.24, 2.45) is 0 Å². The molecule has 0 radical (unpaired) electrons. The predicted octanol–water partition coefficient (Wildman–Crippen LogP) is 2.65. The van der Waals surface area contributed by atoms with Crippen LogP contribution >= 0.6 is 0 Å². The van der Waals surface area contributed by atoms with E-state index in [1.165, 1.54) is 41.3 Å². The Kier molecular flexibility index (Phi) is 8.21. The van der Waals surface area contributed by atoms with Crippen LogP contribution in [-0.2, 0) is 26.2 Å². The van der Waals surface area contributed by atoms with Gasteiger partial charge in [0.2, 0.25) is 28.6 Å². The third kappa shape index (κ3) is 6.62. The zero-order valence-electron chi connectivity index (χ0n) is 20.2. The van der Waals surface area contributed by atoms with Gasteiger partial charge in [0.25, 0.3) is 0 Å². The van der Waals surface area contributed by atoms with Crippen LogP contribution in [0.5, 0.6) is 11.5 Å². The third-order valence-electron chi connectivity index (χ3n) is 5.41. The van der Waals surface area contributed by atoms with Gasteiger partial charge in [0, 0.05) is 18.7 Å². The van der Waals surface area contributed by atoms with Crippen LogP contribution in [0, 0.1) is 5.82 Å². The zero-order valence-corrected chi connectivity index (χ0v) is 21.0. The molecule has 2 amide bonds. The number of nitrogens with zero attached hydrogens (tertiary/aromatic N) is 2. The van der Waals surface area contributed by atoms with Gasteiger partial charge in [-0.15, -0.1) is 0 Å². The van der Waals surface area contributed by atoms with Crippen molar-refractivity contribution in [2.45, 2.75) is 45.8 Å². The summed E-state index contributed by atoms with van der Waals surface area (Å²) < 4.78 is 50.3. The minimum absolute atomic E-state index is 0.00186. The lowest BCUT2D eigenvalue weighted by Crippen LogP contribution is -2.53.